The molecule has 0 aliphatic heterocycles. The van der Waals surface area contributed by atoms with E-state index in [-0.39, 0.29) is 22.8 Å². The van der Waals surface area contributed by atoms with E-state index in [1.165, 1.54) is 18.2 Å². The maximum absolute atomic E-state index is 12.4. The summed E-state index contributed by atoms with van der Waals surface area (Å²) < 4.78 is 27.2. The van der Waals surface area contributed by atoms with Crippen molar-refractivity contribution in [3.05, 3.63) is 28.3 Å². The lowest BCUT2D eigenvalue weighted by Gasteiger charge is -2.23. The molecule has 0 aromatic heterocycles. The third kappa shape index (κ3) is 5.45. The number of anilines is 1. The van der Waals surface area contributed by atoms with Crippen molar-refractivity contribution in [2.45, 2.75) is 37.7 Å². The SMILES string of the molecule is CCCNS(=O)(=O)c1ccc([N+](=O)[O-])cc1N(C)CC[C@@H](C)O. The van der Waals surface area contributed by atoms with Gasteiger partial charge in [-0.2, -0.15) is 0 Å². The summed E-state index contributed by atoms with van der Waals surface area (Å²) in [6.45, 7) is 4.13. The molecule has 0 aliphatic rings. The summed E-state index contributed by atoms with van der Waals surface area (Å²) in [5.74, 6) is 0. The number of aliphatic hydroxyl groups is 1. The van der Waals surface area contributed by atoms with Crippen LogP contribution in [0.5, 0.6) is 0 Å². The van der Waals surface area contributed by atoms with Crippen molar-refractivity contribution in [1.29, 1.82) is 0 Å². The predicted molar refractivity (Wildman–Crippen MR) is 88.1 cm³/mol. The molecule has 0 radical (unpaired) electrons. The van der Waals surface area contributed by atoms with Crippen LogP contribution in [0.4, 0.5) is 11.4 Å². The fourth-order valence-electron chi connectivity index (χ4n) is 1.96. The standard InChI is InChI=1S/C14H23N3O5S/c1-4-8-15-23(21,22)14-6-5-12(17(19)20)10-13(14)16(3)9-7-11(2)18/h5-6,10-11,15,18H,4,7-9H2,1-3H3/t11-/m1/s1. The van der Waals surface area contributed by atoms with E-state index in [1.54, 1.807) is 18.9 Å². The van der Waals surface area contributed by atoms with Crippen molar-refractivity contribution in [3.63, 3.8) is 0 Å². The van der Waals surface area contributed by atoms with Gasteiger partial charge in [0.1, 0.15) is 4.90 Å². The van der Waals surface area contributed by atoms with Crippen molar-refractivity contribution in [2.75, 3.05) is 25.0 Å². The Balaban J connectivity index is 3.26. The summed E-state index contributed by atoms with van der Waals surface area (Å²) in [6, 6.07) is 3.65. The van der Waals surface area contributed by atoms with E-state index in [9.17, 15) is 23.6 Å². The van der Waals surface area contributed by atoms with Crippen LogP contribution in [0.3, 0.4) is 0 Å². The largest absolute Gasteiger partial charge is 0.393 e. The molecule has 9 heteroatoms. The lowest BCUT2D eigenvalue weighted by atomic mass is 10.2. The molecular formula is C14H23N3O5S. The van der Waals surface area contributed by atoms with Gasteiger partial charge in [0.25, 0.3) is 5.69 Å². The van der Waals surface area contributed by atoms with Crippen molar-refractivity contribution in [1.82, 2.24) is 4.72 Å². The molecule has 0 amide bonds. The van der Waals surface area contributed by atoms with Gasteiger partial charge in [0, 0.05) is 32.3 Å². The molecule has 8 nitrogen and oxygen atoms in total. The molecule has 1 rings (SSSR count). The fraction of sp³-hybridized carbons (Fsp3) is 0.571. The molecule has 0 spiro atoms. The van der Waals surface area contributed by atoms with Crippen LogP contribution in [-0.2, 0) is 10.0 Å². The lowest BCUT2D eigenvalue weighted by molar-refractivity contribution is -0.384. The number of hydrogen-bond donors (Lipinski definition) is 2. The van der Waals surface area contributed by atoms with E-state index in [0.717, 1.165) is 0 Å². The van der Waals surface area contributed by atoms with Crippen LogP contribution in [0, 0.1) is 10.1 Å². The number of benzene rings is 1. The number of nitrogens with one attached hydrogen (secondary N) is 1. The van der Waals surface area contributed by atoms with Gasteiger partial charge in [0.05, 0.1) is 16.7 Å². The van der Waals surface area contributed by atoms with Gasteiger partial charge < -0.3 is 10.0 Å². The number of nitro benzene ring substituents is 1. The van der Waals surface area contributed by atoms with E-state index in [2.05, 4.69) is 4.72 Å². The monoisotopic (exact) mass is 345 g/mol. The minimum atomic E-state index is -3.76. The molecule has 23 heavy (non-hydrogen) atoms. The van der Waals surface area contributed by atoms with Crippen LogP contribution in [0.2, 0.25) is 0 Å². The molecule has 0 unspecified atom stereocenters. The third-order valence-corrected chi connectivity index (χ3v) is 4.79. The summed E-state index contributed by atoms with van der Waals surface area (Å²) in [5.41, 5.74) is 0.0572. The van der Waals surface area contributed by atoms with Crippen molar-refractivity contribution in [3.8, 4) is 0 Å². The molecule has 0 fully saturated rings. The zero-order valence-corrected chi connectivity index (χ0v) is 14.3. The Morgan fingerprint density at radius 2 is 2.09 bits per heavy atom. The second kappa shape index (κ2) is 8.23. The van der Waals surface area contributed by atoms with Gasteiger partial charge in [0.15, 0.2) is 0 Å². The highest BCUT2D eigenvalue weighted by atomic mass is 32.2. The van der Waals surface area contributed by atoms with Gasteiger partial charge in [-0.25, -0.2) is 13.1 Å². The van der Waals surface area contributed by atoms with Gasteiger partial charge in [-0.3, -0.25) is 10.1 Å². The predicted octanol–water partition coefficient (Wildman–Crippen LogP) is 1.49. The topological polar surface area (TPSA) is 113 Å². The van der Waals surface area contributed by atoms with Crippen molar-refractivity contribution >= 4 is 21.4 Å². The minimum Gasteiger partial charge on any atom is -0.393 e. The Kier molecular flexibility index (Phi) is 6.92. The van der Waals surface area contributed by atoms with Gasteiger partial charge >= 0.3 is 0 Å². The lowest BCUT2D eigenvalue weighted by Crippen LogP contribution is -2.28. The minimum absolute atomic E-state index is 0.00959. The number of hydrogen-bond acceptors (Lipinski definition) is 6. The Labute approximate surface area is 136 Å². The molecule has 0 bridgehead atoms. The summed E-state index contributed by atoms with van der Waals surface area (Å²) >= 11 is 0. The van der Waals surface area contributed by atoms with Gasteiger partial charge in [-0.05, 0) is 25.8 Å². The maximum atomic E-state index is 12.4. The number of nitrogens with zero attached hydrogens (tertiary/aromatic N) is 2. The normalized spacial score (nSPS) is 12.9. The highest BCUT2D eigenvalue weighted by Gasteiger charge is 2.23. The molecule has 0 saturated carbocycles. The Bertz CT molecular complexity index is 646. The van der Waals surface area contributed by atoms with Gasteiger partial charge in [-0.1, -0.05) is 6.92 Å². The molecule has 0 heterocycles. The van der Waals surface area contributed by atoms with Crippen LogP contribution < -0.4 is 9.62 Å². The smallest absolute Gasteiger partial charge is 0.271 e. The first-order valence-electron chi connectivity index (χ1n) is 7.36. The average molecular weight is 345 g/mol. The van der Waals surface area contributed by atoms with Crippen LogP contribution in [0.1, 0.15) is 26.7 Å². The van der Waals surface area contributed by atoms with Crippen LogP contribution in [-0.4, -0.2) is 44.7 Å². The first kappa shape index (κ1) is 19.3. The van der Waals surface area contributed by atoms with E-state index < -0.39 is 21.1 Å². The molecule has 0 aliphatic carbocycles. The summed E-state index contributed by atoms with van der Waals surface area (Å²) in [4.78, 5) is 12.0. The number of aliphatic hydroxyl groups excluding tert-OH is 1. The summed E-state index contributed by atoms with van der Waals surface area (Å²) in [5, 5.41) is 20.3. The van der Waals surface area contributed by atoms with Crippen molar-refractivity contribution < 1.29 is 18.4 Å². The fourth-order valence-corrected chi connectivity index (χ4v) is 3.33. The van der Waals surface area contributed by atoms with E-state index in [4.69, 9.17) is 0 Å². The van der Waals surface area contributed by atoms with Gasteiger partial charge in [-0.15, -0.1) is 0 Å². The van der Waals surface area contributed by atoms with Crippen LogP contribution in [0.15, 0.2) is 23.1 Å². The van der Waals surface area contributed by atoms with Crippen molar-refractivity contribution in [2.24, 2.45) is 0 Å². The van der Waals surface area contributed by atoms with Gasteiger partial charge in [0.2, 0.25) is 10.0 Å². The molecule has 1 aromatic carbocycles. The quantitative estimate of drug-likeness (QED) is 0.518. The zero-order chi connectivity index (χ0) is 17.6. The zero-order valence-electron chi connectivity index (χ0n) is 13.5. The summed E-state index contributed by atoms with van der Waals surface area (Å²) in [7, 11) is -2.12. The second-order valence-electron chi connectivity index (χ2n) is 5.37. The maximum Gasteiger partial charge on any atom is 0.271 e. The Hall–Kier alpha value is -1.71. The highest BCUT2D eigenvalue weighted by Crippen LogP contribution is 2.29. The summed E-state index contributed by atoms with van der Waals surface area (Å²) in [6.07, 6.45) is 0.509. The number of rotatable bonds is 9. The second-order valence-corrected chi connectivity index (χ2v) is 7.10. The molecule has 0 saturated heterocycles. The first-order valence-corrected chi connectivity index (χ1v) is 8.84. The van der Waals surface area contributed by atoms with Crippen LogP contribution in [0.25, 0.3) is 0 Å². The number of non-ortho nitro benzene ring substituents is 1. The van der Waals surface area contributed by atoms with Crippen LogP contribution >= 0.6 is 0 Å². The van der Waals surface area contributed by atoms with E-state index in [1.807, 2.05) is 6.92 Å². The molecule has 1 aromatic rings. The first-order chi connectivity index (χ1) is 10.7. The average Bonchev–Trinajstić information content (AvgIpc) is 2.49. The third-order valence-electron chi connectivity index (χ3n) is 3.28. The molecule has 130 valence electrons. The molecule has 2 N–H and O–H groups in total. The molecular weight excluding hydrogens is 322 g/mol. The number of sulfonamides is 1. The Morgan fingerprint density at radius 1 is 1.43 bits per heavy atom. The van der Waals surface area contributed by atoms with E-state index in [0.29, 0.717) is 19.4 Å². The highest BCUT2D eigenvalue weighted by molar-refractivity contribution is 7.89. The Morgan fingerprint density at radius 3 is 2.61 bits per heavy atom. The molecule has 1 atom stereocenters. The van der Waals surface area contributed by atoms with E-state index >= 15 is 0 Å². The number of nitro groups is 1.